The lowest BCUT2D eigenvalue weighted by Crippen LogP contribution is -2.37. The Hall–Kier alpha value is -1.59. The van der Waals surface area contributed by atoms with Crippen LogP contribution in [0.2, 0.25) is 0 Å². The molecule has 0 spiro atoms. The molecule has 0 saturated carbocycles. The van der Waals surface area contributed by atoms with E-state index < -0.39 is 5.97 Å². The van der Waals surface area contributed by atoms with Gasteiger partial charge in [0.15, 0.2) is 0 Å². The van der Waals surface area contributed by atoms with Crippen molar-refractivity contribution in [1.29, 1.82) is 0 Å². The highest BCUT2D eigenvalue weighted by Gasteiger charge is 2.20. The molecule has 118 valence electrons. The molecule has 0 fully saturated rings. The Balaban J connectivity index is 3.00. The Bertz CT molecular complexity index is 464. The first-order chi connectivity index (χ1) is 9.88. The monoisotopic (exact) mass is 295 g/mol. The van der Waals surface area contributed by atoms with Crippen LogP contribution in [0.25, 0.3) is 0 Å². The van der Waals surface area contributed by atoms with Gasteiger partial charge in [-0.05, 0) is 56.1 Å². The maximum Gasteiger partial charge on any atom is 0.304 e. The van der Waals surface area contributed by atoms with Gasteiger partial charge in [0.25, 0.3) is 0 Å². The molecule has 2 N–H and O–H groups in total. The fraction of sp³-hybridized carbons (Fsp3) is 0.562. The van der Waals surface area contributed by atoms with Crippen LogP contribution in [0.1, 0.15) is 23.1 Å². The van der Waals surface area contributed by atoms with Crippen molar-refractivity contribution in [2.45, 2.75) is 32.7 Å². The van der Waals surface area contributed by atoms with Gasteiger partial charge in [-0.3, -0.25) is 4.79 Å². The molecule has 1 aromatic carbocycles. The van der Waals surface area contributed by atoms with Crippen molar-refractivity contribution in [3.63, 3.8) is 0 Å². The highest BCUT2D eigenvalue weighted by Crippen LogP contribution is 2.24. The minimum atomic E-state index is -0.825. The largest absolute Gasteiger partial charge is 0.497 e. The van der Waals surface area contributed by atoms with Gasteiger partial charge in [-0.15, -0.1) is 0 Å². The SMILES string of the molecule is COc1cc(C)c(CC(CC(=O)O)N(C)CCO)c(C)c1. The summed E-state index contributed by atoms with van der Waals surface area (Å²) in [6.07, 6.45) is 0.700. The Morgan fingerprint density at radius 1 is 1.33 bits per heavy atom. The van der Waals surface area contributed by atoms with E-state index in [2.05, 4.69) is 0 Å². The summed E-state index contributed by atoms with van der Waals surface area (Å²) >= 11 is 0. The molecule has 1 atom stereocenters. The molecule has 1 aromatic rings. The molecule has 5 nitrogen and oxygen atoms in total. The number of benzene rings is 1. The Kier molecular flexibility index (Phi) is 6.65. The van der Waals surface area contributed by atoms with Gasteiger partial charge in [-0.1, -0.05) is 0 Å². The van der Waals surface area contributed by atoms with Gasteiger partial charge in [-0.25, -0.2) is 0 Å². The predicted molar refractivity (Wildman–Crippen MR) is 81.9 cm³/mol. The molecular formula is C16H25NO4. The van der Waals surface area contributed by atoms with Crippen LogP contribution >= 0.6 is 0 Å². The molecule has 1 unspecified atom stereocenters. The van der Waals surface area contributed by atoms with E-state index in [1.807, 2.05) is 37.9 Å². The van der Waals surface area contributed by atoms with Crippen molar-refractivity contribution < 1.29 is 19.7 Å². The highest BCUT2D eigenvalue weighted by atomic mass is 16.5. The number of likely N-dealkylation sites (N-methyl/N-ethyl adjacent to an activating group) is 1. The molecule has 0 saturated heterocycles. The molecule has 0 heterocycles. The zero-order chi connectivity index (χ0) is 16.0. The smallest absolute Gasteiger partial charge is 0.304 e. The molecule has 21 heavy (non-hydrogen) atoms. The number of carboxylic acid groups (broad SMARTS) is 1. The first kappa shape index (κ1) is 17.5. The van der Waals surface area contributed by atoms with Crippen molar-refractivity contribution in [2.75, 3.05) is 27.3 Å². The summed E-state index contributed by atoms with van der Waals surface area (Å²) in [5.41, 5.74) is 3.34. The lowest BCUT2D eigenvalue weighted by atomic mass is 9.94. The van der Waals surface area contributed by atoms with Gasteiger partial charge in [0.1, 0.15) is 5.75 Å². The van der Waals surface area contributed by atoms with Crippen LogP contribution in [-0.4, -0.2) is 54.4 Å². The van der Waals surface area contributed by atoms with E-state index in [-0.39, 0.29) is 19.1 Å². The summed E-state index contributed by atoms with van der Waals surface area (Å²) in [5, 5.41) is 18.1. The molecule has 1 rings (SSSR count). The van der Waals surface area contributed by atoms with Gasteiger partial charge in [0, 0.05) is 12.6 Å². The van der Waals surface area contributed by atoms with Crippen molar-refractivity contribution in [3.05, 3.63) is 28.8 Å². The number of aliphatic hydroxyl groups is 1. The van der Waals surface area contributed by atoms with Gasteiger partial charge in [0.05, 0.1) is 20.1 Å². The van der Waals surface area contributed by atoms with Crippen molar-refractivity contribution in [2.24, 2.45) is 0 Å². The summed E-state index contributed by atoms with van der Waals surface area (Å²) in [6.45, 7) is 4.50. The number of rotatable bonds is 8. The zero-order valence-corrected chi connectivity index (χ0v) is 13.2. The minimum absolute atomic E-state index is 0.0210. The number of aliphatic hydroxyl groups excluding tert-OH is 1. The fourth-order valence-electron chi connectivity index (χ4n) is 2.55. The summed E-state index contributed by atoms with van der Waals surface area (Å²) in [6, 6.07) is 3.79. The average molecular weight is 295 g/mol. The van der Waals surface area contributed by atoms with E-state index in [9.17, 15) is 4.79 Å². The minimum Gasteiger partial charge on any atom is -0.497 e. The number of hydrogen-bond acceptors (Lipinski definition) is 4. The van der Waals surface area contributed by atoms with Crippen molar-refractivity contribution in [1.82, 2.24) is 4.90 Å². The molecule has 0 radical (unpaired) electrons. The van der Waals surface area contributed by atoms with Crippen molar-refractivity contribution in [3.8, 4) is 5.75 Å². The third-order valence-electron chi connectivity index (χ3n) is 3.83. The van der Waals surface area contributed by atoms with E-state index in [4.69, 9.17) is 14.9 Å². The second-order valence-corrected chi connectivity index (χ2v) is 5.40. The predicted octanol–water partition coefficient (Wildman–Crippen LogP) is 1.62. The van der Waals surface area contributed by atoms with Crippen LogP contribution in [0.3, 0.4) is 0 Å². The van der Waals surface area contributed by atoms with Crippen LogP contribution in [-0.2, 0) is 11.2 Å². The topological polar surface area (TPSA) is 70.0 Å². The van der Waals surface area contributed by atoms with Crippen LogP contribution in [0.4, 0.5) is 0 Å². The van der Waals surface area contributed by atoms with Gasteiger partial charge in [-0.2, -0.15) is 0 Å². The van der Waals surface area contributed by atoms with E-state index >= 15 is 0 Å². The Morgan fingerprint density at radius 2 is 1.90 bits per heavy atom. The molecule has 0 amide bonds. The number of nitrogens with zero attached hydrogens (tertiary/aromatic N) is 1. The number of ether oxygens (including phenoxy) is 1. The first-order valence-corrected chi connectivity index (χ1v) is 7.06. The molecule has 0 aromatic heterocycles. The second kappa shape index (κ2) is 8.00. The third kappa shape index (κ3) is 5.02. The molecular weight excluding hydrogens is 270 g/mol. The zero-order valence-electron chi connectivity index (χ0n) is 13.2. The summed E-state index contributed by atoms with van der Waals surface area (Å²) in [7, 11) is 3.48. The van der Waals surface area contributed by atoms with E-state index in [1.54, 1.807) is 7.11 Å². The number of carbonyl (C=O) groups is 1. The maximum atomic E-state index is 11.1. The van der Waals surface area contributed by atoms with E-state index in [1.165, 1.54) is 0 Å². The highest BCUT2D eigenvalue weighted by molar-refractivity contribution is 5.67. The van der Waals surface area contributed by atoms with Gasteiger partial charge >= 0.3 is 5.97 Å². The maximum absolute atomic E-state index is 11.1. The number of hydrogen-bond donors (Lipinski definition) is 2. The normalized spacial score (nSPS) is 12.5. The number of methoxy groups -OCH3 is 1. The lowest BCUT2D eigenvalue weighted by Gasteiger charge is -2.27. The fourth-order valence-corrected chi connectivity index (χ4v) is 2.55. The van der Waals surface area contributed by atoms with Crippen LogP contribution in [0.5, 0.6) is 5.75 Å². The van der Waals surface area contributed by atoms with Crippen molar-refractivity contribution >= 4 is 5.97 Å². The van der Waals surface area contributed by atoms with Crippen LogP contribution in [0, 0.1) is 13.8 Å². The van der Waals surface area contributed by atoms with Crippen LogP contribution < -0.4 is 4.74 Å². The van der Waals surface area contributed by atoms with Gasteiger partial charge in [0.2, 0.25) is 0 Å². The third-order valence-corrected chi connectivity index (χ3v) is 3.83. The molecule has 5 heteroatoms. The second-order valence-electron chi connectivity index (χ2n) is 5.40. The summed E-state index contributed by atoms with van der Waals surface area (Å²) < 4.78 is 5.25. The molecule has 0 aliphatic heterocycles. The van der Waals surface area contributed by atoms with E-state index in [0.717, 1.165) is 22.4 Å². The quantitative estimate of drug-likeness (QED) is 0.762. The molecule has 0 aliphatic carbocycles. The number of aryl methyl sites for hydroxylation is 2. The van der Waals surface area contributed by atoms with Gasteiger partial charge < -0.3 is 19.8 Å². The first-order valence-electron chi connectivity index (χ1n) is 7.06. The summed E-state index contributed by atoms with van der Waals surface area (Å²) in [5.74, 6) is -0.0131. The Labute approximate surface area is 126 Å². The Morgan fingerprint density at radius 3 is 2.33 bits per heavy atom. The number of carboxylic acids is 1. The molecule has 0 bridgehead atoms. The van der Waals surface area contributed by atoms with Crippen LogP contribution in [0.15, 0.2) is 12.1 Å². The summed E-state index contributed by atoms with van der Waals surface area (Å²) in [4.78, 5) is 13.0. The number of aliphatic carboxylic acids is 1. The molecule has 0 aliphatic rings. The van der Waals surface area contributed by atoms with E-state index in [0.29, 0.717) is 13.0 Å². The average Bonchev–Trinajstić information content (AvgIpc) is 2.40. The standard InChI is InChI=1S/C16H25NO4/c1-11-7-14(21-4)8-12(2)15(11)9-13(10-16(19)20)17(3)5-6-18/h7-8,13,18H,5-6,9-10H2,1-4H3,(H,19,20). The lowest BCUT2D eigenvalue weighted by molar-refractivity contribution is -0.138.